The van der Waals surface area contributed by atoms with Crippen molar-refractivity contribution in [2.24, 2.45) is 11.8 Å². The summed E-state index contributed by atoms with van der Waals surface area (Å²) in [5, 5.41) is 3.53. The van der Waals surface area contributed by atoms with E-state index in [0.29, 0.717) is 18.9 Å². The maximum Gasteiger partial charge on any atom is 0.246 e. The van der Waals surface area contributed by atoms with E-state index in [-0.39, 0.29) is 29.8 Å². The molecule has 0 unspecified atom stereocenters. The van der Waals surface area contributed by atoms with Gasteiger partial charge in [-0.3, -0.25) is 9.59 Å². The van der Waals surface area contributed by atoms with E-state index in [1.165, 1.54) is 11.1 Å². The Labute approximate surface area is 166 Å². The summed E-state index contributed by atoms with van der Waals surface area (Å²) in [6, 6.07) is 10.4. The highest BCUT2D eigenvalue weighted by molar-refractivity contribution is 5.89. The minimum absolute atomic E-state index is 0.163. The molecule has 4 aliphatic rings. The molecule has 0 saturated carbocycles. The van der Waals surface area contributed by atoms with Gasteiger partial charge in [-0.05, 0) is 49.3 Å². The first-order valence-electron chi connectivity index (χ1n) is 10.8. The number of nitrogens with one attached hydrogen (secondary N) is 1. The van der Waals surface area contributed by atoms with E-state index < -0.39 is 0 Å². The molecule has 4 aliphatic heterocycles. The van der Waals surface area contributed by atoms with Crippen LogP contribution in [-0.2, 0) is 9.59 Å². The van der Waals surface area contributed by atoms with Crippen LogP contribution in [0.25, 0.3) is 5.57 Å². The minimum atomic E-state index is -0.270. The lowest BCUT2D eigenvalue weighted by Crippen LogP contribution is -2.68. The van der Waals surface area contributed by atoms with Crippen LogP contribution in [0, 0.1) is 11.8 Å². The van der Waals surface area contributed by atoms with Gasteiger partial charge in [0.25, 0.3) is 0 Å². The van der Waals surface area contributed by atoms with Crippen molar-refractivity contribution in [2.75, 3.05) is 26.2 Å². The summed E-state index contributed by atoms with van der Waals surface area (Å²) in [5.41, 5.74) is 2.57. The van der Waals surface area contributed by atoms with Gasteiger partial charge in [0, 0.05) is 38.0 Å². The van der Waals surface area contributed by atoms with Crippen LogP contribution in [0.2, 0.25) is 0 Å². The van der Waals surface area contributed by atoms with Crippen molar-refractivity contribution in [2.45, 2.75) is 44.2 Å². The van der Waals surface area contributed by atoms with Crippen LogP contribution in [0.3, 0.4) is 0 Å². The van der Waals surface area contributed by atoms with Gasteiger partial charge in [-0.25, -0.2) is 0 Å². The maximum absolute atomic E-state index is 13.6. The van der Waals surface area contributed by atoms with Gasteiger partial charge in [-0.15, -0.1) is 0 Å². The molecular formula is C23H29N3O2. The van der Waals surface area contributed by atoms with Crippen molar-refractivity contribution in [1.82, 2.24) is 15.1 Å². The van der Waals surface area contributed by atoms with E-state index in [1.807, 2.05) is 15.9 Å². The zero-order valence-corrected chi connectivity index (χ0v) is 16.3. The zero-order valence-electron chi connectivity index (χ0n) is 16.3. The van der Waals surface area contributed by atoms with E-state index >= 15 is 0 Å². The summed E-state index contributed by atoms with van der Waals surface area (Å²) in [6.45, 7) is 3.23. The number of hydrogen-bond acceptors (Lipinski definition) is 3. The van der Waals surface area contributed by atoms with Crippen molar-refractivity contribution in [3.63, 3.8) is 0 Å². The number of carbonyl (C=O) groups is 2. The van der Waals surface area contributed by atoms with Crippen molar-refractivity contribution in [3.05, 3.63) is 42.0 Å². The molecule has 0 radical (unpaired) electrons. The monoisotopic (exact) mass is 379 g/mol. The Balaban J connectivity index is 1.36. The van der Waals surface area contributed by atoms with Gasteiger partial charge in [0.15, 0.2) is 0 Å². The van der Waals surface area contributed by atoms with Crippen LogP contribution in [0.15, 0.2) is 36.4 Å². The fourth-order valence-corrected chi connectivity index (χ4v) is 5.80. The molecule has 0 spiro atoms. The van der Waals surface area contributed by atoms with E-state index in [9.17, 15) is 9.59 Å². The fraction of sp³-hybridized carbons (Fsp3) is 0.565. The third kappa shape index (κ3) is 3.06. The Bertz CT molecular complexity index is 790. The molecule has 4 heterocycles. The third-order valence-electron chi connectivity index (χ3n) is 7.16. The van der Waals surface area contributed by atoms with Gasteiger partial charge in [0.2, 0.25) is 11.8 Å². The molecule has 0 aromatic heterocycles. The van der Waals surface area contributed by atoms with Crippen LogP contribution in [-0.4, -0.2) is 59.9 Å². The standard InChI is InChI=1S/C23H29N3O2/c27-21-8-4-7-20-18-13-19(15-24-14-18)22(26(20)21)23(28)25-11-9-17(10-12-25)16-5-2-1-3-6-16/h1-3,5-6,9,18-20,22,24H,4,7-8,10-15H2/t18-,19+,20+,22-/m1/s1. The largest absolute Gasteiger partial charge is 0.337 e. The highest BCUT2D eigenvalue weighted by Gasteiger charge is 2.51. The molecule has 0 aliphatic carbocycles. The number of rotatable bonds is 2. The van der Waals surface area contributed by atoms with E-state index in [2.05, 4.69) is 35.7 Å². The lowest BCUT2D eigenvalue weighted by Gasteiger charge is -2.54. The molecule has 5 rings (SSSR count). The van der Waals surface area contributed by atoms with Crippen LogP contribution < -0.4 is 5.32 Å². The maximum atomic E-state index is 13.6. The molecule has 3 saturated heterocycles. The number of hydrogen-bond donors (Lipinski definition) is 1. The number of fused-ring (bicyclic) bond motifs is 4. The second-order valence-corrected chi connectivity index (χ2v) is 8.75. The average Bonchev–Trinajstić information content (AvgIpc) is 2.75. The van der Waals surface area contributed by atoms with Gasteiger partial charge in [0.05, 0.1) is 0 Å². The summed E-state index contributed by atoms with van der Waals surface area (Å²) in [4.78, 5) is 30.4. The van der Waals surface area contributed by atoms with Gasteiger partial charge >= 0.3 is 0 Å². The molecule has 28 heavy (non-hydrogen) atoms. The molecule has 4 atom stereocenters. The summed E-state index contributed by atoms with van der Waals surface area (Å²) in [5.74, 6) is 1.13. The Morgan fingerprint density at radius 3 is 2.68 bits per heavy atom. The number of benzene rings is 1. The molecule has 5 nitrogen and oxygen atoms in total. The highest BCUT2D eigenvalue weighted by atomic mass is 16.2. The molecule has 1 N–H and O–H groups in total. The molecule has 148 valence electrons. The summed E-state index contributed by atoms with van der Waals surface area (Å²) >= 11 is 0. The molecule has 2 amide bonds. The van der Waals surface area contributed by atoms with E-state index in [1.54, 1.807) is 0 Å². The van der Waals surface area contributed by atoms with Crippen molar-refractivity contribution < 1.29 is 9.59 Å². The molecule has 1 aromatic carbocycles. The van der Waals surface area contributed by atoms with Crippen LogP contribution in [0.5, 0.6) is 0 Å². The Kier molecular flexibility index (Phi) is 4.71. The number of amides is 2. The molecule has 5 heteroatoms. The van der Waals surface area contributed by atoms with Crippen LogP contribution in [0.4, 0.5) is 0 Å². The normalized spacial score (nSPS) is 32.6. The fourth-order valence-electron chi connectivity index (χ4n) is 5.80. The predicted octanol–water partition coefficient (Wildman–Crippen LogP) is 2.29. The molecule has 1 aromatic rings. The number of nitrogens with zero attached hydrogens (tertiary/aromatic N) is 2. The summed E-state index contributed by atoms with van der Waals surface area (Å²) < 4.78 is 0. The quantitative estimate of drug-likeness (QED) is 0.858. The number of carbonyl (C=O) groups excluding carboxylic acids is 2. The predicted molar refractivity (Wildman–Crippen MR) is 108 cm³/mol. The van der Waals surface area contributed by atoms with E-state index in [4.69, 9.17) is 0 Å². The third-order valence-corrected chi connectivity index (χ3v) is 7.16. The Hall–Kier alpha value is -2.14. The Morgan fingerprint density at radius 1 is 1.07 bits per heavy atom. The Morgan fingerprint density at radius 2 is 1.89 bits per heavy atom. The first-order chi connectivity index (χ1) is 13.7. The second kappa shape index (κ2) is 7.36. The average molecular weight is 380 g/mol. The van der Waals surface area contributed by atoms with E-state index in [0.717, 1.165) is 45.3 Å². The van der Waals surface area contributed by atoms with Gasteiger partial charge in [0.1, 0.15) is 6.04 Å². The first kappa shape index (κ1) is 17.9. The SMILES string of the molecule is O=C([C@H]1[C@@H]2CNC[C@@H](C2)[C@@H]2CCCC(=O)N21)N1CC=C(c2ccccc2)CC1. The van der Waals surface area contributed by atoms with Gasteiger partial charge < -0.3 is 15.1 Å². The lowest BCUT2D eigenvalue weighted by molar-refractivity contribution is -0.161. The van der Waals surface area contributed by atoms with Gasteiger partial charge in [-0.2, -0.15) is 0 Å². The second-order valence-electron chi connectivity index (χ2n) is 8.75. The lowest BCUT2D eigenvalue weighted by atomic mass is 9.72. The highest BCUT2D eigenvalue weighted by Crippen LogP contribution is 2.40. The van der Waals surface area contributed by atoms with Crippen molar-refractivity contribution in [3.8, 4) is 0 Å². The minimum Gasteiger partial charge on any atom is -0.337 e. The van der Waals surface area contributed by atoms with Crippen LogP contribution >= 0.6 is 0 Å². The number of piperidine rings is 3. The first-order valence-corrected chi connectivity index (χ1v) is 10.8. The van der Waals surface area contributed by atoms with Crippen molar-refractivity contribution in [1.29, 1.82) is 0 Å². The molecule has 2 bridgehead atoms. The van der Waals surface area contributed by atoms with Gasteiger partial charge in [-0.1, -0.05) is 36.4 Å². The summed E-state index contributed by atoms with van der Waals surface area (Å²) in [6.07, 6.45) is 6.77. The molecular weight excluding hydrogens is 350 g/mol. The molecule has 3 fully saturated rings. The van der Waals surface area contributed by atoms with Crippen molar-refractivity contribution >= 4 is 17.4 Å². The summed E-state index contributed by atoms with van der Waals surface area (Å²) in [7, 11) is 0. The zero-order chi connectivity index (χ0) is 19.1. The smallest absolute Gasteiger partial charge is 0.246 e. The topological polar surface area (TPSA) is 52.7 Å². The van der Waals surface area contributed by atoms with Crippen LogP contribution in [0.1, 0.15) is 37.7 Å².